The van der Waals surface area contributed by atoms with Crippen molar-refractivity contribution < 1.29 is 24.2 Å². The molecule has 7 nitrogen and oxygen atoms in total. The summed E-state index contributed by atoms with van der Waals surface area (Å²) in [6, 6.07) is 7.24. The number of carboxylic acids is 1. The number of rotatable bonds is 3. The first-order valence-corrected chi connectivity index (χ1v) is 8.59. The lowest BCUT2D eigenvalue weighted by Gasteiger charge is -2.37. The number of fused-ring (bicyclic) bond motifs is 1. The molecule has 3 atom stereocenters. The van der Waals surface area contributed by atoms with Gasteiger partial charge < -0.3 is 19.6 Å². The lowest BCUT2D eigenvalue weighted by atomic mass is 9.93. The Labute approximate surface area is 151 Å². The van der Waals surface area contributed by atoms with E-state index in [-0.39, 0.29) is 30.9 Å². The number of aliphatic carboxylic acids is 1. The molecule has 1 aromatic carbocycles. The molecule has 0 radical (unpaired) electrons. The van der Waals surface area contributed by atoms with E-state index in [9.17, 15) is 19.5 Å². The summed E-state index contributed by atoms with van der Waals surface area (Å²) in [7, 11) is 0. The summed E-state index contributed by atoms with van der Waals surface area (Å²) in [4.78, 5) is 39.2. The molecule has 0 aliphatic carbocycles. The number of benzene rings is 1. The fourth-order valence-electron chi connectivity index (χ4n) is 3.50. The molecule has 2 aliphatic rings. The molecular weight excluding hydrogens is 336 g/mol. The van der Waals surface area contributed by atoms with E-state index in [2.05, 4.69) is 0 Å². The molecule has 2 heterocycles. The molecule has 0 spiro atoms. The van der Waals surface area contributed by atoms with Crippen LogP contribution in [-0.2, 0) is 19.1 Å². The van der Waals surface area contributed by atoms with E-state index < -0.39 is 18.1 Å². The third-order valence-corrected chi connectivity index (χ3v) is 4.73. The Morgan fingerprint density at radius 3 is 2.65 bits per heavy atom. The monoisotopic (exact) mass is 358 g/mol. The van der Waals surface area contributed by atoms with Gasteiger partial charge in [0.25, 0.3) is 0 Å². The molecule has 138 valence electrons. The highest BCUT2D eigenvalue weighted by molar-refractivity contribution is 5.82. The van der Waals surface area contributed by atoms with Crippen molar-refractivity contribution >= 4 is 23.9 Å². The van der Waals surface area contributed by atoms with Crippen LogP contribution in [0.25, 0.3) is 6.08 Å². The van der Waals surface area contributed by atoms with E-state index in [1.54, 1.807) is 18.0 Å². The van der Waals surface area contributed by atoms with Crippen LogP contribution >= 0.6 is 0 Å². The summed E-state index contributed by atoms with van der Waals surface area (Å²) in [6.07, 6.45) is 2.28. The van der Waals surface area contributed by atoms with E-state index in [0.717, 1.165) is 11.1 Å². The number of carbonyl (C=O) groups is 3. The van der Waals surface area contributed by atoms with E-state index in [1.807, 2.05) is 30.3 Å². The number of carboxylic acid groups (broad SMARTS) is 1. The van der Waals surface area contributed by atoms with Gasteiger partial charge in [0, 0.05) is 19.7 Å². The molecule has 2 amide bonds. The Hall–Kier alpha value is -2.67. The normalized spacial score (nSPS) is 24.9. The Balaban J connectivity index is 1.81. The summed E-state index contributed by atoms with van der Waals surface area (Å²) < 4.78 is 5.36. The molecule has 0 saturated carbocycles. The number of hydrogen-bond acceptors (Lipinski definition) is 4. The number of ether oxygens (including phenoxy) is 1. The van der Waals surface area contributed by atoms with Gasteiger partial charge in [0.05, 0.1) is 25.1 Å². The second-order valence-electron chi connectivity index (χ2n) is 6.66. The second-order valence-corrected chi connectivity index (χ2v) is 6.66. The average molecular weight is 358 g/mol. The van der Waals surface area contributed by atoms with Crippen LogP contribution < -0.4 is 0 Å². The van der Waals surface area contributed by atoms with Crippen LogP contribution in [-0.4, -0.2) is 58.0 Å². The third kappa shape index (κ3) is 3.62. The van der Waals surface area contributed by atoms with Gasteiger partial charge in [-0.25, -0.2) is 4.79 Å². The molecule has 3 rings (SSSR count). The topological polar surface area (TPSA) is 87.2 Å². The predicted molar refractivity (Wildman–Crippen MR) is 93.9 cm³/mol. The molecule has 2 aliphatic heterocycles. The van der Waals surface area contributed by atoms with Crippen LogP contribution in [0.3, 0.4) is 0 Å². The van der Waals surface area contributed by atoms with Gasteiger partial charge >= 0.3 is 5.97 Å². The number of amides is 2. The van der Waals surface area contributed by atoms with Crippen LogP contribution in [0.1, 0.15) is 37.4 Å². The smallest absolute Gasteiger partial charge is 0.334 e. The molecule has 26 heavy (non-hydrogen) atoms. The first-order valence-electron chi connectivity index (χ1n) is 8.59. The summed E-state index contributed by atoms with van der Waals surface area (Å²) in [5, 5.41) is 9.20. The fourth-order valence-corrected chi connectivity index (χ4v) is 3.50. The highest BCUT2D eigenvalue weighted by Crippen LogP contribution is 2.33. The average Bonchev–Trinajstić information content (AvgIpc) is 2.61. The van der Waals surface area contributed by atoms with Crippen molar-refractivity contribution in [2.45, 2.75) is 38.5 Å². The molecule has 1 N–H and O–H groups in total. The van der Waals surface area contributed by atoms with Gasteiger partial charge in [0.2, 0.25) is 11.8 Å². The maximum atomic E-state index is 12.9. The first-order chi connectivity index (χ1) is 12.4. The maximum absolute atomic E-state index is 12.9. The lowest BCUT2D eigenvalue weighted by molar-refractivity contribution is -0.166. The van der Waals surface area contributed by atoms with Crippen molar-refractivity contribution in [2.75, 3.05) is 13.1 Å². The molecule has 0 aromatic heterocycles. The minimum atomic E-state index is -1.08. The van der Waals surface area contributed by atoms with E-state index in [0.29, 0.717) is 6.54 Å². The van der Waals surface area contributed by atoms with Crippen molar-refractivity contribution in [1.29, 1.82) is 0 Å². The van der Waals surface area contributed by atoms with Gasteiger partial charge in [-0.05, 0) is 24.1 Å². The minimum absolute atomic E-state index is 0.0167. The van der Waals surface area contributed by atoms with Gasteiger partial charge in [-0.15, -0.1) is 0 Å². The Morgan fingerprint density at radius 1 is 1.23 bits per heavy atom. The molecular formula is C19H22N2O5. The lowest BCUT2D eigenvalue weighted by Crippen LogP contribution is -2.52. The first kappa shape index (κ1) is 18.1. The Morgan fingerprint density at radius 2 is 1.96 bits per heavy atom. The van der Waals surface area contributed by atoms with E-state index in [4.69, 9.17) is 4.74 Å². The fraction of sp³-hybridized carbons (Fsp3) is 0.421. The van der Waals surface area contributed by atoms with Crippen LogP contribution in [0.4, 0.5) is 0 Å². The van der Waals surface area contributed by atoms with Crippen molar-refractivity contribution in [3.63, 3.8) is 0 Å². The highest BCUT2D eigenvalue weighted by atomic mass is 16.5. The third-order valence-electron chi connectivity index (χ3n) is 4.73. The standard InChI is InChI=1S/C19H22N2O5/c1-12-10-20(11-17(26-12)19(24)25)18(23)9-16-15-6-4-3-5-14(15)7-8-21(16)13(2)22/h3-8,12,16-17H,9-11H2,1-2H3,(H,24,25)/t12-,16?,17?/m1/s1. The molecule has 1 saturated heterocycles. The molecule has 1 aromatic rings. The van der Waals surface area contributed by atoms with Crippen molar-refractivity contribution in [3.05, 3.63) is 41.6 Å². The highest BCUT2D eigenvalue weighted by Gasteiger charge is 2.35. The van der Waals surface area contributed by atoms with Gasteiger partial charge in [-0.2, -0.15) is 0 Å². The summed E-state index contributed by atoms with van der Waals surface area (Å²) in [6.45, 7) is 3.57. The summed E-state index contributed by atoms with van der Waals surface area (Å²) in [5.41, 5.74) is 1.89. The van der Waals surface area contributed by atoms with Crippen LogP contribution in [0.2, 0.25) is 0 Å². The van der Waals surface area contributed by atoms with Gasteiger partial charge in [-0.1, -0.05) is 24.3 Å². The van der Waals surface area contributed by atoms with Crippen LogP contribution in [0, 0.1) is 0 Å². The largest absolute Gasteiger partial charge is 0.479 e. The molecule has 0 bridgehead atoms. The quantitative estimate of drug-likeness (QED) is 0.888. The van der Waals surface area contributed by atoms with Gasteiger partial charge in [-0.3, -0.25) is 9.59 Å². The zero-order valence-electron chi connectivity index (χ0n) is 14.8. The van der Waals surface area contributed by atoms with Crippen molar-refractivity contribution in [3.8, 4) is 0 Å². The zero-order chi connectivity index (χ0) is 18.8. The van der Waals surface area contributed by atoms with E-state index in [1.165, 1.54) is 11.8 Å². The molecule has 7 heteroatoms. The second kappa shape index (κ2) is 7.29. The van der Waals surface area contributed by atoms with Gasteiger partial charge in [0.15, 0.2) is 6.10 Å². The predicted octanol–water partition coefficient (Wildman–Crippen LogP) is 1.65. The number of hydrogen-bond donors (Lipinski definition) is 1. The molecule has 1 fully saturated rings. The number of nitrogens with zero attached hydrogens (tertiary/aromatic N) is 2. The maximum Gasteiger partial charge on any atom is 0.334 e. The van der Waals surface area contributed by atoms with Crippen LogP contribution in [0.15, 0.2) is 30.5 Å². The Kier molecular flexibility index (Phi) is 5.08. The number of carbonyl (C=O) groups excluding carboxylic acids is 2. The molecule has 2 unspecified atom stereocenters. The summed E-state index contributed by atoms with van der Waals surface area (Å²) >= 11 is 0. The summed E-state index contributed by atoms with van der Waals surface area (Å²) in [5.74, 6) is -1.41. The number of morpholine rings is 1. The minimum Gasteiger partial charge on any atom is -0.479 e. The zero-order valence-corrected chi connectivity index (χ0v) is 14.8. The Bertz CT molecular complexity index is 760. The van der Waals surface area contributed by atoms with Crippen molar-refractivity contribution in [2.24, 2.45) is 0 Å². The van der Waals surface area contributed by atoms with Crippen LogP contribution in [0.5, 0.6) is 0 Å². The SMILES string of the molecule is CC(=O)N1C=Cc2ccccc2C1CC(=O)N1CC(C(=O)O)O[C@H](C)C1. The van der Waals surface area contributed by atoms with E-state index >= 15 is 0 Å². The van der Waals surface area contributed by atoms with Gasteiger partial charge in [0.1, 0.15) is 0 Å². The van der Waals surface area contributed by atoms with Crippen molar-refractivity contribution in [1.82, 2.24) is 9.80 Å².